The summed E-state index contributed by atoms with van der Waals surface area (Å²) in [5.41, 5.74) is 6.79. The van der Waals surface area contributed by atoms with Crippen LogP contribution in [0.3, 0.4) is 0 Å². The molecule has 0 saturated carbocycles. The van der Waals surface area contributed by atoms with Crippen molar-refractivity contribution in [3.8, 4) is 5.75 Å². The fourth-order valence-corrected chi connectivity index (χ4v) is 1.17. The van der Waals surface area contributed by atoms with Crippen molar-refractivity contribution in [2.45, 2.75) is 32.2 Å². The molecule has 1 rings (SSSR count). The molecule has 0 spiro atoms. The number of aryl methyl sites for hydroxylation is 1. The minimum atomic E-state index is -0.134. The topological polar surface area (TPSA) is 48.1 Å². The molecule has 1 heterocycles. The van der Waals surface area contributed by atoms with Crippen LogP contribution >= 0.6 is 0 Å². The largest absolute Gasteiger partial charge is 0.497 e. The van der Waals surface area contributed by atoms with Gasteiger partial charge >= 0.3 is 0 Å². The monoisotopic (exact) mass is 194 g/mol. The van der Waals surface area contributed by atoms with Gasteiger partial charge in [0.2, 0.25) is 0 Å². The van der Waals surface area contributed by atoms with E-state index < -0.39 is 0 Å². The smallest absolute Gasteiger partial charge is 0.122 e. The van der Waals surface area contributed by atoms with Crippen molar-refractivity contribution in [3.63, 3.8) is 0 Å². The first kappa shape index (κ1) is 11.0. The molecule has 0 radical (unpaired) electrons. The highest BCUT2D eigenvalue weighted by Crippen LogP contribution is 2.14. The lowest BCUT2D eigenvalue weighted by Crippen LogP contribution is -2.32. The highest BCUT2D eigenvalue weighted by Gasteiger charge is 2.10. The third-order valence-corrected chi connectivity index (χ3v) is 2.05. The summed E-state index contributed by atoms with van der Waals surface area (Å²) in [6.45, 7) is 4.04. The van der Waals surface area contributed by atoms with Crippen molar-refractivity contribution in [3.05, 3.63) is 24.0 Å². The number of nitrogens with two attached hydrogens (primary N) is 1. The summed E-state index contributed by atoms with van der Waals surface area (Å²) in [5.74, 6) is 0.852. The summed E-state index contributed by atoms with van der Waals surface area (Å²) in [4.78, 5) is 4.25. The Morgan fingerprint density at radius 1 is 1.50 bits per heavy atom. The van der Waals surface area contributed by atoms with Gasteiger partial charge < -0.3 is 10.5 Å². The van der Waals surface area contributed by atoms with E-state index in [4.69, 9.17) is 10.5 Å². The Morgan fingerprint density at radius 2 is 2.21 bits per heavy atom. The van der Waals surface area contributed by atoms with Gasteiger partial charge in [-0.15, -0.1) is 0 Å². The molecule has 0 saturated heterocycles. The fraction of sp³-hybridized carbons (Fsp3) is 0.545. The lowest BCUT2D eigenvalue weighted by Gasteiger charge is -2.17. The summed E-state index contributed by atoms with van der Waals surface area (Å²) >= 11 is 0. The number of methoxy groups -OCH3 is 1. The van der Waals surface area contributed by atoms with Crippen molar-refractivity contribution < 1.29 is 4.74 Å². The zero-order valence-electron chi connectivity index (χ0n) is 9.08. The minimum Gasteiger partial charge on any atom is -0.497 e. The van der Waals surface area contributed by atoms with Gasteiger partial charge in [0.1, 0.15) is 5.75 Å². The third-order valence-electron chi connectivity index (χ3n) is 2.05. The fourth-order valence-electron chi connectivity index (χ4n) is 1.17. The minimum absolute atomic E-state index is 0.134. The lowest BCUT2D eigenvalue weighted by atomic mass is 9.99. The molecule has 0 aromatic carbocycles. The Hall–Kier alpha value is -1.09. The molecule has 78 valence electrons. The average Bonchev–Trinajstić information content (AvgIpc) is 2.14. The Balaban J connectivity index is 2.59. The molecular formula is C11H18N2O. The Labute approximate surface area is 85.3 Å². The molecule has 0 atom stereocenters. The number of hydrogen-bond donors (Lipinski definition) is 1. The van der Waals surface area contributed by atoms with Gasteiger partial charge in [-0.1, -0.05) is 0 Å². The Kier molecular flexibility index (Phi) is 3.47. The van der Waals surface area contributed by atoms with E-state index in [2.05, 4.69) is 4.98 Å². The van der Waals surface area contributed by atoms with Gasteiger partial charge in [-0.3, -0.25) is 4.98 Å². The number of nitrogens with zero attached hydrogens (tertiary/aromatic N) is 1. The van der Waals surface area contributed by atoms with Gasteiger partial charge in [0, 0.05) is 23.5 Å². The highest BCUT2D eigenvalue weighted by molar-refractivity contribution is 5.22. The second kappa shape index (κ2) is 4.42. The van der Waals surface area contributed by atoms with Crippen LogP contribution in [-0.2, 0) is 6.42 Å². The van der Waals surface area contributed by atoms with E-state index in [9.17, 15) is 0 Å². The molecule has 14 heavy (non-hydrogen) atoms. The second-order valence-electron chi connectivity index (χ2n) is 4.18. The van der Waals surface area contributed by atoms with Crippen LogP contribution in [0.25, 0.3) is 0 Å². The normalized spacial score (nSPS) is 11.4. The van der Waals surface area contributed by atoms with Crippen LogP contribution in [0.1, 0.15) is 26.0 Å². The highest BCUT2D eigenvalue weighted by atomic mass is 16.5. The van der Waals surface area contributed by atoms with E-state index >= 15 is 0 Å². The Morgan fingerprint density at radius 3 is 2.79 bits per heavy atom. The average molecular weight is 194 g/mol. The molecule has 0 aliphatic carbocycles. The molecule has 3 nitrogen and oxygen atoms in total. The van der Waals surface area contributed by atoms with Crippen molar-refractivity contribution >= 4 is 0 Å². The quantitative estimate of drug-likeness (QED) is 0.794. The van der Waals surface area contributed by atoms with Gasteiger partial charge in [0.15, 0.2) is 0 Å². The number of pyridine rings is 1. The van der Waals surface area contributed by atoms with Gasteiger partial charge in [-0.25, -0.2) is 0 Å². The van der Waals surface area contributed by atoms with E-state index in [0.717, 1.165) is 24.3 Å². The van der Waals surface area contributed by atoms with E-state index in [0.29, 0.717) is 0 Å². The molecule has 0 fully saturated rings. The summed E-state index contributed by atoms with van der Waals surface area (Å²) in [6.07, 6.45) is 3.57. The van der Waals surface area contributed by atoms with Gasteiger partial charge in [0.25, 0.3) is 0 Å². The predicted octanol–water partition coefficient (Wildman–Crippen LogP) is 1.76. The van der Waals surface area contributed by atoms with Crippen LogP contribution in [-0.4, -0.2) is 17.6 Å². The molecular weight excluding hydrogens is 176 g/mol. The maximum Gasteiger partial charge on any atom is 0.122 e. The molecule has 1 aromatic heterocycles. The van der Waals surface area contributed by atoms with Gasteiger partial charge in [-0.05, 0) is 32.8 Å². The van der Waals surface area contributed by atoms with Crippen molar-refractivity contribution in [1.82, 2.24) is 4.98 Å². The van der Waals surface area contributed by atoms with Gasteiger partial charge in [0.05, 0.1) is 7.11 Å². The standard InChI is InChI=1S/C11H18N2O/c1-11(2,12)6-4-9-8-10(14-3)5-7-13-9/h5,7-8H,4,6,12H2,1-3H3. The van der Waals surface area contributed by atoms with Crippen LogP contribution in [0.15, 0.2) is 18.3 Å². The predicted molar refractivity (Wildman–Crippen MR) is 57.4 cm³/mol. The first-order valence-corrected chi connectivity index (χ1v) is 4.79. The number of hydrogen-bond acceptors (Lipinski definition) is 3. The van der Waals surface area contributed by atoms with Crippen molar-refractivity contribution in [1.29, 1.82) is 0 Å². The second-order valence-corrected chi connectivity index (χ2v) is 4.18. The van der Waals surface area contributed by atoms with E-state index in [-0.39, 0.29) is 5.54 Å². The summed E-state index contributed by atoms with van der Waals surface area (Å²) in [6, 6.07) is 3.79. The maximum atomic E-state index is 5.89. The lowest BCUT2D eigenvalue weighted by molar-refractivity contribution is 0.412. The van der Waals surface area contributed by atoms with E-state index in [1.807, 2.05) is 26.0 Å². The van der Waals surface area contributed by atoms with E-state index in [1.54, 1.807) is 13.3 Å². The number of rotatable bonds is 4. The zero-order chi connectivity index (χ0) is 10.6. The third kappa shape index (κ3) is 3.75. The Bertz CT molecular complexity index is 292. The SMILES string of the molecule is COc1ccnc(CCC(C)(C)N)c1. The first-order valence-electron chi connectivity index (χ1n) is 4.79. The van der Waals surface area contributed by atoms with Crippen LogP contribution in [0.2, 0.25) is 0 Å². The van der Waals surface area contributed by atoms with Crippen molar-refractivity contribution in [2.75, 3.05) is 7.11 Å². The zero-order valence-corrected chi connectivity index (χ0v) is 9.08. The van der Waals surface area contributed by atoms with Crippen LogP contribution < -0.4 is 10.5 Å². The molecule has 0 aliphatic heterocycles. The van der Waals surface area contributed by atoms with E-state index in [1.165, 1.54) is 0 Å². The number of ether oxygens (including phenoxy) is 1. The molecule has 0 bridgehead atoms. The molecule has 0 unspecified atom stereocenters. The summed E-state index contributed by atoms with van der Waals surface area (Å²) in [5, 5.41) is 0. The first-order chi connectivity index (χ1) is 6.51. The summed E-state index contributed by atoms with van der Waals surface area (Å²) in [7, 11) is 1.66. The van der Waals surface area contributed by atoms with Crippen molar-refractivity contribution in [2.24, 2.45) is 5.73 Å². The maximum absolute atomic E-state index is 5.89. The van der Waals surface area contributed by atoms with Crippen LogP contribution in [0.5, 0.6) is 5.75 Å². The van der Waals surface area contributed by atoms with Crippen LogP contribution in [0, 0.1) is 0 Å². The van der Waals surface area contributed by atoms with Gasteiger partial charge in [-0.2, -0.15) is 0 Å². The molecule has 0 amide bonds. The van der Waals surface area contributed by atoms with Crippen LogP contribution in [0.4, 0.5) is 0 Å². The molecule has 2 N–H and O–H groups in total. The molecule has 1 aromatic rings. The molecule has 3 heteroatoms. The number of aromatic nitrogens is 1. The molecule has 0 aliphatic rings. The summed E-state index contributed by atoms with van der Waals surface area (Å²) < 4.78 is 5.12.